The predicted octanol–water partition coefficient (Wildman–Crippen LogP) is 2.68. The zero-order valence-electron chi connectivity index (χ0n) is 13.4. The summed E-state index contributed by atoms with van der Waals surface area (Å²) in [5.74, 6) is 0.298. The van der Waals surface area contributed by atoms with Crippen molar-refractivity contribution in [1.82, 2.24) is 9.36 Å². The number of phenols is 1. The van der Waals surface area contributed by atoms with Gasteiger partial charge in [0, 0.05) is 18.7 Å². The summed E-state index contributed by atoms with van der Waals surface area (Å²) in [4.78, 5) is 17.6. The van der Waals surface area contributed by atoms with E-state index in [2.05, 4.69) is 0 Å². The van der Waals surface area contributed by atoms with Gasteiger partial charge in [0.15, 0.2) is 0 Å². The maximum atomic E-state index is 12.1. The second-order valence-corrected chi connectivity index (χ2v) is 6.83. The van der Waals surface area contributed by atoms with Crippen LogP contribution in [-0.2, 0) is 13.1 Å². The molecule has 2 heterocycles. The zero-order valence-corrected chi connectivity index (χ0v) is 14.3. The second-order valence-electron chi connectivity index (χ2n) is 5.91. The quantitative estimate of drug-likeness (QED) is 0.878. The van der Waals surface area contributed by atoms with E-state index in [-0.39, 0.29) is 4.87 Å². The molecule has 0 bridgehead atoms. The van der Waals surface area contributed by atoms with Gasteiger partial charge in [-0.3, -0.25) is 9.48 Å². The van der Waals surface area contributed by atoms with E-state index in [0.29, 0.717) is 5.75 Å². The fourth-order valence-electron chi connectivity index (χ4n) is 2.99. The van der Waals surface area contributed by atoms with Crippen molar-refractivity contribution in [3.05, 3.63) is 36.7 Å². The van der Waals surface area contributed by atoms with Crippen LogP contribution in [0.15, 0.2) is 9.79 Å². The van der Waals surface area contributed by atoms with Gasteiger partial charge in [0.25, 0.3) is 0 Å². The van der Waals surface area contributed by atoms with Crippen LogP contribution in [0, 0.1) is 27.7 Å². The van der Waals surface area contributed by atoms with E-state index in [9.17, 15) is 9.90 Å². The Balaban J connectivity index is 2.29. The summed E-state index contributed by atoms with van der Waals surface area (Å²) in [6, 6.07) is 0. The lowest BCUT2D eigenvalue weighted by Gasteiger charge is -2.17. The Morgan fingerprint density at radius 2 is 1.59 bits per heavy atom. The number of aromatic nitrogens is 2. The van der Waals surface area contributed by atoms with Crippen molar-refractivity contribution in [1.29, 1.82) is 0 Å². The molecule has 0 saturated carbocycles. The summed E-state index contributed by atoms with van der Waals surface area (Å²) in [5, 5.41) is 10.3. The van der Waals surface area contributed by atoms with Crippen LogP contribution >= 0.6 is 11.3 Å². The van der Waals surface area contributed by atoms with E-state index in [0.717, 1.165) is 58.7 Å². The fraction of sp³-hybridized carbons (Fsp3) is 0.500. The highest BCUT2D eigenvalue weighted by atomic mass is 32.1. The van der Waals surface area contributed by atoms with Gasteiger partial charge in [-0.2, -0.15) is 0 Å². The van der Waals surface area contributed by atoms with Gasteiger partial charge in [-0.1, -0.05) is 0 Å². The largest absolute Gasteiger partial charge is 0.507 e. The fourth-order valence-corrected chi connectivity index (χ4v) is 3.88. The van der Waals surface area contributed by atoms with Crippen molar-refractivity contribution in [3.63, 3.8) is 0 Å². The molecule has 1 aliphatic heterocycles. The second kappa shape index (κ2) is 5.43. The number of rotatable bonds is 1. The molecule has 1 aromatic heterocycles. The highest BCUT2D eigenvalue weighted by Crippen LogP contribution is 2.36. The van der Waals surface area contributed by atoms with Crippen LogP contribution in [0.4, 0.5) is 5.69 Å². The molecule has 2 aromatic rings. The molecule has 1 aliphatic rings. The molecule has 0 unspecified atom stereocenters. The summed E-state index contributed by atoms with van der Waals surface area (Å²) in [7, 11) is 0. The highest BCUT2D eigenvalue weighted by molar-refractivity contribution is 7.06. The lowest BCUT2D eigenvalue weighted by atomic mass is 9.97. The first-order valence-electron chi connectivity index (χ1n) is 7.56. The SMILES string of the molecule is Cc1c(C)c(O)c(C)c(N=c2sc(=O)n3n2CCCC3)c1C. The van der Waals surface area contributed by atoms with Gasteiger partial charge >= 0.3 is 4.87 Å². The van der Waals surface area contributed by atoms with Crippen LogP contribution in [0.5, 0.6) is 5.75 Å². The van der Waals surface area contributed by atoms with E-state index in [1.807, 2.05) is 32.4 Å². The summed E-state index contributed by atoms with van der Waals surface area (Å²) in [6.07, 6.45) is 2.11. The third-order valence-corrected chi connectivity index (χ3v) is 5.51. The van der Waals surface area contributed by atoms with Crippen LogP contribution in [0.3, 0.4) is 0 Å². The summed E-state index contributed by atoms with van der Waals surface area (Å²) >= 11 is 1.18. The molecule has 0 spiro atoms. The molecule has 3 rings (SSSR count). The van der Waals surface area contributed by atoms with Crippen LogP contribution in [-0.4, -0.2) is 14.5 Å². The van der Waals surface area contributed by atoms with Crippen LogP contribution in [0.1, 0.15) is 35.1 Å². The zero-order chi connectivity index (χ0) is 16.0. The first-order valence-corrected chi connectivity index (χ1v) is 8.38. The molecule has 22 heavy (non-hydrogen) atoms. The minimum absolute atomic E-state index is 0.0433. The normalized spacial score (nSPS) is 15.2. The average Bonchev–Trinajstić information content (AvgIpc) is 2.84. The number of benzene rings is 1. The first-order chi connectivity index (χ1) is 10.4. The molecule has 0 saturated heterocycles. The number of phenolic OH excluding ortho intramolecular Hbond substituents is 1. The van der Waals surface area contributed by atoms with E-state index in [1.165, 1.54) is 11.3 Å². The molecule has 1 aromatic carbocycles. The Kier molecular flexibility index (Phi) is 3.72. The molecular formula is C16H21N3O2S. The number of hydrogen-bond acceptors (Lipinski definition) is 4. The Morgan fingerprint density at radius 3 is 2.27 bits per heavy atom. The number of fused-ring (bicyclic) bond motifs is 1. The molecule has 5 nitrogen and oxygen atoms in total. The molecule has 1 N–H and O–H groups in total. The maximum Gasteiger partial charge on any atom is 0.325 e. The molecule has 6 heteroatoms. The van der Waals surface area contributed by atoms with Crippen molar-refractivity contribution in [2.24, 2.45) is 4.99 Å². The Morgan fingerprint density at radius 1 is 0.955 bits per heavy atom. The molecule has 118 valence electrons. The Hall–Kier alpha value is -1.82. The average molecular weight is 319 g/mol. The van der Waals surface area contributed by atoms with Gasteiger partial charge in [0.2, 0.25) is 4.80 Å². The van der Waals surface area contributed by atoms with Gasteiger partial charge in [-0.25, -0.2) is 9.67 Å². The summed E-state index contributed by atoms with van der Waals surface area (Å²) in [5.41, 5.74) is 4.56. The van der Waals surface area contributed by atoms with Crippen LogP contribution in [0.25, 0.3) is 0 Å². The third kappa shape index (κ3) is 2.22. The molecule has 0 radical (unpaired) electrons. The van der Waals surface area contributed by atoms with Crippen molar-refractivity contribution in [3.8, 4) is 5.75 Å². The lowest BCUT2D eigenvalue weighted by molar-refractivity contribution is 0.345. The van der Waals surface area contributed by atoms with Gasteiger partial charge in [-0.15, -0.1) is 0 Å². The molecule has 0 fully saturated rings. The highest BCUT2D eigenvalue weighted by Gasteiger charge is 2.16. The predicted molar refractivity (Wildman–Crippen MR) is 88.1 cm³/mol. The van der Waals surface area contributed by atoms with Crippen LogP contribution in [0.2, 0.25) is 0 Å². The minimum Gasteiger partial charge on any atom is -0.507 e. The maximum absolute atomic E-state index is 12.1. The summed E-state index contributed by atoms with van der Waals surface area (Å²) in [6.45, 7) is 9.40. The van der Waals surface area contributed by atoms with Gasteiger partial charge < -0.3 is 5.11 Å². The van der Waals surface area contributed by atoms with Crippen molar-refractivity contribution >= 4 is 17.0 Å². The first kappa shape index (κ1) is 15.1. The van der Waals surface area contributed by atoms with Gasteiger partial charge in [0.1, 0.15) is 5.75 Å². The molecule has 0 aliphatic carbocycles. The van der Waals surface area contributed by atoms with Gasteiger partial charge in [0.05, 0.1) is 5.69 Å². The number of nitrogens with zero attached hydrogens (tertiary/aromatic N) is 3. The van der Waals surface area contributed by atoms with Crippen molar-refractivity contribution < 1.29 is 5.11 Å². The monoisotopic (exact) mass is 319 g/mol. The van der Waals surface area contributed by atoms with Crippen molar-refractivity contribution in [2.45, 2.75) is 53.6 Å². The van der Waals surface area contributed by atoms with Crippen molar-refractivity contribution in [2.75, 3.05) is 0 Å². The smallest absolute Gasteiger partial charge is 0.325 e. The number of hydrogen-bond donors (Lipinski definition) is 1. The third-order valence-electron chi connectivity index (χ3n) is 4.64. The van der Waals surface area contributed by atoms with E-state index in [1.54, 1.807) is 4.68 Å². The molecular weight excluding hydrogens is 298 g/mol. The lowest BCUT2D eigenvalue weighted by Crippen LogP contribution is -2.31. The molecule has 0 amide bonds. The number of aromatic hydroxyl groups is 1. The van der Waals surface area contributed by atoms with E-state index >= 15 is 0 Å². The van der Waals surface area contributed by atoms with E-state index < -0.39 is 0 Å². The standard InChI is InChI=1S/C16H21N3O2S/c1-9-10(2)13(12(4)14(20)11(9)3)17-15-18-7-5-6-8-19(18)16(21)22-15/h20H,5-8H2,1-4H3. The Labute approximate surface area is 133 Å². The topological polar surface area (TPSA) is 59.5 Å². The summed E-state index contributed by atoms with van der Waals surface area (Å²) < 4.78 is 3.75. The van der Waals surface area contributed by atoms with Crippen LogP contribution < -0.4 is 9.67 Å². The Bertz CT molecular complexity index is 842. The van der Waals surface area contributed by atoms with Gasteiger partial charge in [-0.05, 0) is 68.6 Å². The minimum atomic E-state index is 0.0433. The van der Waals surface area contributed by atoms with E-state index in [4.69, 9.17) is 4.99 Å². The molecule has 0 atom stereocenters.